The molecule has 2 amide bonds. The lowest BCUT2D eigenvalue weighted by molar-refractivity contribution is -0.137. The molecule has 0 bridgehead atoms. The molecule has 2 heterocycles. The van der Waals surface area contributed by atoms with Gasteiger partial charge in [-0.3, -0.25) is 5.10 Å². The summed E-state index contributed by atoms with van der Waals surface area (Å²) in [5.74, 6) is 0.336. The van der Waals surface area contributed by atoms with Crippen LogP contribution in [0.3, 0.4) is 0 Å². The number of H-pyrrole nitrogens is 1. The average molecular weight is 475 g/mol. The lowest BCUT2D eigenvalue weighted by Crippen LogP contribution is -2.20. The summed E-state index contributed by atoms with van der Waals surface area (Å²) in [7, 11) is 0. The average Bonchev–Trinajstić information content (AvgIpc) is 3.30. The number of carbonyl (C=O) groups is 1. The number of nitrogens with one attached hydrogen (secondary N) is 3. The van der Waals surface area contributed by atoms with E-state index in [-0.39, 0.29) is 11.7 Å². The lowest BCUT2D eigenvalue weighted by atomic mass is 10.2. The zero-order valence-corrected chi connectivity index (χ0v) is 17.3. The van der Waals surface area contributed by atoms with Gasteiger partial charge in [0.2, 0.25) is 0 Å². The SMILES string of the molecule is O=C(Nc1cccc(Oc2nccc(-c3cn[nH]c3)n2)c1)Nc1ccc(Cl)c(C(F)(F)F)c1. The summed E-state index contributed by atoms with van der Waals surface area (Å²) in [6.07, 6.45) is 0.163. The number of alkyl halides is 3. The summed E-state index contributed by atoms with van der Waals surface area (Å²) in [6, 6.07) is 10.5. The number of amides is 2. The van der Waals surface area contributed by atoms with Crippen LogP contribution < -0.4 is 15.4 Å². The molecule has 0 radical (unpaired) electrons. The number of rotatable bonds is 5. The van der Waals surface area contributed by atoms with Crippen LogP contribution in [0.5, 0.6) is 11.8 Å². The molecule has 4 rings (SSSR count). The Labute approximate surface area is 189 Å². The number of anilines is 2. The second-order valence-electron chi connectivity index (χ2n) is 6.61. The van der Waals surface area contributed by atoms with Gasteiger partial charge in [0.15, 0.2) is 0 Å². The number of urea groups is 1. The molecule has 0 aliphatic carbocycles. The van der Waals surface area contributed by atoms with Crippen molar-refractivity contribution >= 4 is 29.0 Å². The van der Waals surface area contributed by atoms with Crippen molar-refractivity contribution in [1.29, 1.82) is 0 Å². The Bertz CT molecular complexity index is 1280. The standard InChI is InChI=1S/C21H14ClF3N6O2/c22-17-5-4-14(9-16(17)21(23,24)25)30-19(32)29-13-2-1-3-15(8-13)33-20-26-7-6-18(31-20)12-10-27-28-11-12/h1-11H,(H,27,28)(H2,29,30,32). The highest BCUT2D eigenvalue weighted by Gasteiger charge is 2.33. The van der Waals surface area contributed by atoms with E-state index in [0.29, 0.717) is 17.1 Å². The van der Waals surface area contributed by atoms with Gasteiger partial charge < -0.3 is 15.4 Å². The highest BCUT2D eigenvalue weighted by molar-refractivity contribution is 6.31. The fourth-order valence-corrected chi connectivity index (χ4v) is 3.02. The maximum absolute atomic E-state index is 13.0. The van der Waals surface area contributed by atoms with E-state index in [1.807, 2.05) is 0 Å². The van der Waals surface area contributed by atoms with Crippen LogP contribution in [-0.4, -0.2) is 26.2 Å². The van der Waals surface area contributed by atoms with E-state index in [2.05, 4.69) is 30.8 Å². The maximum atomic E-state index is 13.0. The van der Waals surface area contributed by atoms with Gasteiger partial charge in [-0.25, -0.2) is 9.78 Å². The molecule has 0 saturated heterocycles. The molecule has 0 aliphatic rings. The first-order chi connectivity index (χ1) is 15.8. The fourth-order valence-electron chi connectivity index (χ4n) is 2.80. The minimum absolute atomic E-state index is 0.0684. The number of nitrogens with zero attached hydrogens (tertiary/aromatic N) is 3. The lowest BCUT2D eigenvalue weighted by Gasteiger charge is -2.13. The number of benzene rings is 2. The van der Waals surface area contributed by atoms with E-state index in [1.54, 1.807) is 36.7 Å². The summed E-state index contributed by atoms with van der Waals surface area (Å²) >= 11 is 5.59. The Kier molecular flexibility index (Phi) is 6.13. The Morgan fingerprint density at radius 2 is 1.85 bits per heavy atom. The predicted molar refractivity (Wildman–Crippen MR) is 115 cm³/mol. The predicted octanol–water partition coefficient (Wildman–Crippen LogP) is 5.98. The molecular weight excluding hydrogens is 461 g/mol. The highest BCUT2D eigenvalue weighted by Crippen LogP contribution is 2.36. The van der Waals surface area contributed by atoms with E-state index in [9.17, 15) is 18.0 Å². The molecule has 2 aromatic heterocycles. The third-order valence-corrected chi connectivity index (χ3v) is 4.59. The monoisotopic (exact) mass is 474 g/mol. The number of aromatic amines is 1. The van der Waals surface area contributed by atoms with Crippen molar-refractivity contribution in [1.82, 2.24) is 20.2 Å². The Morgan fingerprint density at radius 3 is 2.58 bits per heavy atom. The van der Waals surface area contributed by atoms with Crippen molar-refractivity contribution in [3.8, 4) is 23.0 Å². The smallest absolute Gasteiger partial charge is 0.417 e. The Morgan fingerprint density at radius 1 is 1.06 bits per heavy atom. The second kappa shape index (κ2) is 9.17. The summed E-state index contributed by atoms with van der Waals surface area (Å²) in [6.45, 7) is 0. The molecule has 3 N–H and O–H groups in total. The zero-order valence-electron chi connectivity index (χ0n) is 16.5. The van der Waals surface area contributed by atoms with Crippen molar-refractivity contribution in [3.63, 3.8) is 0 Å². The van der Waals surface area contributed by atoms with E-state index < -0.39 is 22.8 Å². The molecule has 0 saturated carbocycles. The molecule has 0 fully saturated rings. The normalized spacial score (nSPS) is 11.2. The van der Waals surface area contributed by atoms with Crippen LogP contribution in [0.15, 0.2) is 67.1 Å². The molecule has 0 aliphatic heterocycles. The van der Waals surface area contributed by atoms with Crippen molar-refractivity contribution in [2.45, 2.75) is 6.18 Å². The fraction of sp³-hybridized carbons (Fsp3) is 0.0476. The molecule has 4 aromatic rings. The van der Waals surface area contributed by atoms with Crippen LogP contribution in [-0.2, 0) is 6.18 Å². The number of hydrogen-bond acceptors (Lipinski definition) is 5. The van der Waals surface area contributed by atoms with Crippen LogP contribution >= 0.6 is 11.6 Å². The summed E-state index contributed by atoms with van der Waals surface area (Å²) in [4.78, 5) is 20.6. The maximum Gasteiger partial charge on any atom is 0.417 e. The van der Waals surface area contributed by atoms with Crippen LogP contribution in [0.1, 0.15) is 5.56 Å². The first-order valence-electron chi connectivity index (χ1n) is 9.33. The third kappa shape index (κ3) is 5.57. The quantitative estimate of drug-likeness (QED) is 0.330. The van der Waals surface area contributed by atoms with Gasteiger partial charge in [-0.2, -0.15) is 23.3 Å². The van der Waals surface area contributed by atoms with Crippen LogP contribution in [0.4, 0.5) is 29.3 Å². The minimum Gasteiger partial charge on any atom is -0.424 e. The van der Waals surface area contributed by atoms with Gasteiger partial charge in [0.1, 0.15) is 5.75 Å². The number of ether oxygens (including phenoxy) is 1. The first-order valence-corrected chi connectivity index (χ1v) is 9.70. The summed E-state index contributed by atoms with van der Waals surface area (Å²) < 4.78 is 44.7. The molecule has 2 aromatic carbocycles. The minimum atomic E-state index is -4.64. The number of hydrogen-bond donors (Lipinski definition) is 3. The molecule has 8 nitrogen and oxygen atoms in total. The van der Waals surface area contributed by atoms with Gasteiger partial charge in [0.05, 0.1) is 22.5 Å². The van der Waals surface area contributed by atoms with E-state index in [4.69, 9.17) is 16.3 Å². The van der Waals surface area contributed by atoms with Crippen LogP contribution in [0, 0.1) is 0 Å². The number of aromatic nitrogens is 4. The highest BCUT2D eigenvalue weighted by atomic mass is 35.5. The summed E-state index contributed by atoms with van der Waals surface area (Å²) in [5, 5.41) is 11.0. The molecular formula is C21H14ClF3N6O2. The van der Waals surface area contributed by atoms with Crippen molar-refractivity contribution < 1.29 is 22.7 Å². The number of carbonyl (C=O) groups excluding carboxylic acids is 1. The molecule has 0 atom stereocenters. The topological polar surface area (TPSA) is 105 Å². The third-order valence-electron chi connectivity index (χ3n) is 4.26. The summed E-state index contributed by atoms with van der Waals surface area (Å²) in [5.41, 5.74) is 0.575. The van der Waals surface area contributed by atoms with Gasteiger partial charge in [0.25, 0.3) is 0 Å². The molecule has 0 unspecified atom stereocenters. The first kappa shape index (κ1) is 22.1. The van der Waals surface area contributed by atoms with Crippen molar-refractivity contribution in [3.05, 3.63) is 77.7 Å². The van der Waals surface area contributed by atoms with E-state index >= 15 is 0 Å². The largest absolute Gasteiger partial charge is 0.424 e. The van der Waals surface area contributed by atoms with Crippen molar-refractivity contribution in [2.75, 3.05) is 10.6 Å². The Hall–Kier alpha value is -4.12. The van der Waals surface area contributed by atoms with Gasteiger partial charge in [-0.15, -0.1) is 0 Å². The molecule has 33 heavy (non-hydrogen) atoms. The van der Waals surface area contributed by atoms with Gasteiger partial charge in [-0.1, -0.05) is 17.7 Å². The van der Waals surface area contributed by atoms with Crippen molar-refractivity contribution in [2.24, 2.45) is 0 Å². The molecule has 0 spiro atoms. The molecule has 168 valence electrons. The second-order valence-corrected chi connectivity index (χ2v) is 7.02. The van der Waals surface area contributed by atoms with Gasteiger partial charge >= 0.3 is 18.2 Å². The van der Waals surface area contributed by atoms with Crippen LogP contribution in [0.25, 0.3) is 11.3 Å². The Balaban J connectivity index is 1.44. The van der Waals surface area contributed by atoms with E-state index in [0.717, 1.165) is 17.7 Å². The van der Waals surface area contributed by atoms with Gasteiger partial charge in [0, 0.05) is 35.4 Å². The van der Waals surface area contributed by atoms with Crippen LogP contribution in [0.2, 0.25) is 5.02 Å². The zero-order chi connectivity index (χ0) is 23.4. The number of halogens is 4. The van der Waals surface area contributed by atoms with E-state index in [1.165, 1.54) is 18.3 Å². The van der Waals surface area contributed by atoms with Gasteiger partial charge in [-0.05, 0) is 36.4 Å². The molecule has 12 heteroatoms.